The van der Waals surface area contributed by atoms with Crippen LogP contribution in [0.4, 0.5) is 5.82 Å². The van der Waals surface area contributed by atoms with Crippen molar-refractivity contribution in [2.75, 3.05) is 39.5 Å². The molecule has 57 heavy (non-hydrogen) atoms. The number of nitrogens with zero attached hydrogens (tertiary/aromatic N) is 2. The van der Waals surface area contributed by atoms with Gasteiger partial charge in [0.2, 0.25) is 8.32 Å². The molecule has 0 spiro atoms. The molecule has 310 valence electrons. The summed E-state index contributed by atoms with van der Waals surface area (Å²) in [6, 6.07) is 27.2. The highest BCUT2D eigenvalue weighted by Crippen LogP contribution is 2.44. The first-order chi connectivity index (χ1) is 27.4. The Bertz CT molecular complexity index is 1800. The third-order valence-corrected chi connectivity index (χ3v) is 17.4. The van der Waals surface area contributed by atoms with Crippen LogP contribution in [0, 0.1) is 0 Å². The number of aliphatic hydroxyl groups is 1. The van der Waals surface area contributed by atoms with Gasteiger partial charge in [-0.2, -0.15) is 4.98 Å². The van der Waals surface area contributed by atoms with E-state index >= 15 is 0 Å². The van der Waals surface area contributed by atoms with Crippen molar-refractivity contribution in [3.05, 3.63) is 118 Å². The van der Waals surface area contributed by atoms with Gasteiger partial charge in [-0.05, 0) is 70.1 Å². The molecule has 0 aliphatic carbocycles. The Morgan fingerprint density at radius 3 is 1.89 bits per heavy atom. The molecule has 2 N–H and O–H groups in total. The first-order valence-electron chi connectivity index (χ1n) is 20.3. The van der Waals surface area contributed by atoms with Crippen LogP contribution in [0.3, 0.4) is 0 Å². The summed E-state index contributed by atoms with van der Waals surface area (Å²) in [5.74, 6) is 1.89. The molecule has 4 atom stereocenters. The zero-order chi connectivity index (χ0) is 41.2. The molecule has 5 rings (SSSR count). The van der Waals surface area contributed by atoms with Gasteiger partial charge in [0, 0.05) is 12.7 Å². The maximum atomic E-state index is 13.7. The topological polar surface area (TPSA) is 123 Å². The van der Waals surface area contributed by atoms with Crippen molar-refractivity contribution in [2.24, 2.45) is 0 Å². The molecule has 4 aromatic rings. The Balaban J connectivity index is 1.52. The fourth-order valence-electron chi connectivity index (χ4n) is 8.55. The maximum Gasteiger partial charge on any atom is 0.351 e. The third-order valence-electron chi connectivity index (χ3n) is 11.4. The van der Waals surface area contributed by atoms with Crippen LogP contribution in [0.1, 0.15) is 90.6 Å². The van der Waals surface area contributed by atoms with E-state index in [1.54, 1.807) is 26.5 Å². The minimum atomic E-state index is -2.32. The molecule has 1 aliphatic heterocycles. The van der Waals surface area contributed by atoms with Crippen molar-refractivity contribution in [3.63, 3.8) is 0 Å². The van der Waals surface area contributed by atoms with E-state index in [0.29, 0.717) is 40.5 Å². The van der Waals surface area contributed by atoms with Crippen LogP contribution in [-0.4, -0.2) is 75.5 Å². The number of unbranched alkanes of at least 4 members (excludes halogenated alkanes) is 2. The maximum absolute atomic E-state index is 13.7. The number of nitrogens with one attached hydrogen (secondary N) is 1. The Kier molecular flexibility index (Phi) is 15.5. The predicted octanol–water partition coefficient (Wildman–Crippen LogP) is 8.66. The Morgan fingerprint density at radius 2 is 1.39 bits per heavy atom. The summed E-state index contributed by atoms with van der Waals surface area (Å²) in [7, 11) is 0.942. The Labute approximate surface area is 339 Å². The van der Waals surface area contributed by atoms with Crippen molar-refractivity contribution < 1.29 is 33.2 Å². The average Bonchev–Trinajstić information content (AvgIpc) is 3.52. The number of hydrogen-bond acceptors (Lipinski definition) is 10. The van der Waals surface area contributed by atoms with Gasteiger partial charge in [0.15, 0.2) is 6.23 Å². The number of benzene rings is 3. The number of aromatic nitrogens is 2. The molecule has 1 aliphatic rings. The summed E-state index contributed by atoms with van der Waals surface area (Å²) in [4.78, 5) is 18.0. The van der Waals surface area contributed by atoms with Crippen LogP contribution in [0.15, 0.2) is 95.9 Å². The van der Waals surface area contributed by atoms with E-state index in [4.69, 9.17) is 28.1 Å². The minimum absolute atomic E-state index is 0.0547. The molecule has 3 aromatic carbocycles. The number of ether oxygens (including phenoxy) is 5. The summed E-state index contributed by atoms with van der Waals surface area (Å²) >= 11 is 0. The molecule has 1 aromatic heterocycles. The van der Waals surface area contributed by atoms with E-state index in [1.807, 2.05) is 78.9 Å². The normalized spacial score (nSPS) is 18.8. The van der Waals surface area contributed by atoms with Crippen molar-refractivity contribution in [1.29, 1.82) is 0 Å². The summed E-state index contributed by atoms with van der Waals surface area (Å²) in [5, 5.41) is 15.4. The molecule has 0 amide bonds. The number of rotatable bonds is 21. The van der Waals surface area contributed by atoms with Crippen LogP contribution in [-0.2, 0) is 24.2 Å². The second-order valence-corrected chi connectivity index (χ2v) is 21.2. The highest BCUT2D eigenvalue weighted by atomic mass is 28.4. The third kappa shape index (κ3) is 9.64. The molecule has 0 unspecified atom stereocenters. The van der Waals surface area contributed by atoms with E-state index < -0.39 is 44.1 Å². The highest BCUT2D eigenvalue weighted by Gasteiger charge is 2.50. The number of hydrogen-bond donors (Lipinski definition) is 2. The first kappa shape index (κ1) is 44.1. The van der Waals surface area contributed by atoms with Crippen LogP contribution in [0.25, 0.3) is 0 Å². The summed E-state index contributed by atoms with van der Waals surface area (Å²) < 4.78 is 39.4. The second kappa shape index (κ2) is 20.1. The molecule has 0 saturated carbocycles. The van der Waals surface area contributed by atoms with Gasteiger partial charge >= 0.3 is 5.69 Å². The van der Waals surface area contributed by atoms with Gasteiger partial charge in [-0.25, -0.2) is 4.79 Å². The Morgan fingerprint density at radius 1 is 0.825 bits per heavy atom. The molecular weight excluding hydrogens is 739 g/mol. The van der Waals surface area contributed by atoms with Gasteiger partial charge in [-0.15, -0.1) is 0 Å². The van der Waals surface area contributed by atoms with Crippen molar-refractivity contribution >= 4 is 14.1 Å². The monoisotopic (exact) mass is 801 g/mol. The fraction of sp³-hybridized carbons (Fsp3) is 0.511. The van der Waals surface area contributed by atoms with Crippen molar-refractivity contribution in [2.45, 2.75) is 114 Å². The van der Waals surface area contributed by atoms with E-state index in [0.717, 1.165) is 36.0 Å². The summed E-state index contributed by atoms with van der Waals surface area (Å²) in [6.07, 6.45) is 0.734. The molecule has 1 saturated heterocycles. The Hall–Kier alpha value is -4.04. The van der Waals surface area contributed by atoms with Gasteiger partial charge in [0.25, 0.3) is 0 Å². The lowest BCUT2D eigenvalue weighted by molar-refractivity contribution is -0.116. The highest BCUT2D eigenvalue weighted by molar-refractivity contribution is 6.77. The van der Waals surface area contributed by atoms with Gasteiger partial charge in [-0.3, -0.25) is 4.57 Å². The smallest absolute Gasteiger partial charge is 0.351 e. The van der Waals surface area contributed by atoms with E-state index in [1.165, 1.54) is 4.57 Å². The molecular formula is C45H63N3O8Si. The summed E-state index contributed by atoms with van der Waals surface area (Å²) in [5.41, 5.74) is 1.85. The van der Waals surface area contributed by atoms with Gasteiger partial charge < -0.3 is 38.5 Å². The standard InChI is InChI=1S/C45H63N3O8Si/c1-10-11-15-27-46-40-26-28-48(44(50)47-40)43-42(53-30-55-57(31(2)3,32(4)5)33(6)7)41(49)39(56-43)29-54-45(34-16-13-12-14-17-34,35-18-22-37(51-8)23-19-35)36-20-24-38(52-9)25-21-36/h12-14,16-26,28,31-33,39,41-43,49H,10-11,15,27,29-30H2,1-9H3,(H,46,47,50)/t39-,41-,42-,43-/m1/s1. The minimum Gasteiger partial charge on any atom is -0.497 e. The van der Waals surface area contributed by atoms with Crippen molar-refractivity contribution in [3.8, 4) is 11.5 Å². The van der Waals surface area contributed by atoms with E-state index in [2.05, 4.69) is 58.8 Å². The van der Waals surface area contributed by atoms with E-state index in [9.17, 15) is 9.90 Å². The predicted molar refractivity (Wildman–Crippen MR) is 227 cm³/mol. The molecule has 12 heteroatoms. The molecule has 0 radical (unpaired) electrons. The lowest BCUT2D eigenvalue weighted by Gasteiger charge is -2.42. The van der Waals surface area contributed by atoms with Crippen LogP contribution >= 0.6 is 0 Å². The average molecular weight is 802 g/mol. The quantitative estimate of drug-likeness (QED) is 0.0367. The number of methoxy groups -OCH3 is 2. The molecule has 2 heterocycles. The van der Waals surface area contributed by atoms with Crippen molar-refractivity contribution in [1.82, 2.24) is 9.55 Å². The van der Waals surface area contributed by atoms with Gasteiger partial charge in [0.05, 0.1) is 20.8 Å². The van der Waals surface area contributed by atoms with Crippen LogP contribution < -0.4 is 20.5 Å². The zero-order valence-corrected chi connectivity index (χ0v) is 36.1. The number of anilines is 1. The van der Waals surface area contributed by atoms with E-state index in [-0.39, 0.29) is 13.4 Å². The first-order valence-corrected chi connectivity index (χ1v) is 22.5. The zero-order valence-electron chi connectivity index (χ0n) is 35.1. The summed E-state index contributed by atoms with van der Waals surface area (Å²) in [6.45, 7) is 16.0. The fourth-order valence-corrected chi connectivity index (χ4v) is 13.8. The molecule has 11 nitrogen and oxygen atoms in total. The lowest BCUT2D eigenvalue weighted by Crippen LogP contribution is -2.49. The SMILES string of the molecule is CCCCCNc1ccn([C@@H]2O[C@H](COC(c3ccccc3)(c3ccc(OC)cc3)c3ccc(OC)cc3)[C@@H](O)[C@H]2OCO[Si](C(C)C)(C(C)C)C(C)C)c(=O)n1. The lowest BCUT2D eigenvalue weighted by atomic mass is 9.80. The molecule has 0 bridgehead atoms. The largest absolute Gasteiger partial charge is 0.497 e. The van der Waals surface area contributed by atoms with Crippen LogP contribution in [0.5, 0.6) is 11.5 Å². The van der Waals surface area contributed by atoms with Crippen LogP contribution in [0.2, 0.25) is 16.6 Å². The second-order valence-electron chi connectivity index (χ2n) is 15.7. The van der Waals surface area contributed by atoms with Gasteiger partial charge in [-0.1, -0.05) is 116 Å². The van der Waals surface area contributed by atoms with Gasteiger partial charge in [0.1, 0.15) is 48.0 Å². The number of aliphatic hydroxyl groups excluding tert-OH is 1. The molecule has 1 fully saturated rings.